The van der Waals surface area contributed by atoms with Gasteiger partial charge >= 0.3 is 5.97 Å². The van der Waals surface area contributed by atoms with Crippen LogP contribution in [0.15, 0.2) is 22.7 Å². The highest BCUT2D eigenvalue weighted by molar-refractivity contribution is 9.10. The van der Waals surface area contributed by atoms with Crippen LogP contribution in [-0.4, -0.2) is 37.0 Å². The zero-order chi connectivity index (χ0) is 13.7. The molecule has 0 heterocycles. The number of hydrogen-bond donors (Lipinski definition) is 1. The number of ether oxygens (including phenoxy) is 1. The zero-order valence-electron chi connectivity index (χ0n) is 10.7. The van der Waals surface area contributed by atoms with Crippen molar-refractivity contribution in [3.63, 3.8) is 0 Å². The van der Waals surface area contributed by atoms with Crippen molar-refractivity contribution >= 4 is 45.9 Å². The Bertz CT molecular complexity index is 468. The van der Waals surface area contributed by atoms with Crippen molar-refractivity contribution in [1.82, 2.24) is 4.90 Å². The minimum Gasteiger partial charge on any atom is -0.468 e. The molecule has 0 atom stereocenters. The molecule has 0 saturated carbocycles. The molecule has 7 heteroatoms. The first kappa shape index (κ1) is 17.7. The first-order valence-corrected chi connectivity index (χ1v) is 6.20. The Kier molecular flexibility index (Phi) is 7.48. The van der Waals surface area contributed by atoms with Gasteiger partial charge in [-0.2, -0.15) is 0 Å². The SMILES string of the molecule is CCN(CC(=O)OC)C(=O)c1ccc(Br)cc1N.Cl. The maximum atomic E-state index is 12.2. The molecular weight excluding hydrogens is 336 g/mol. The lowest BCUT2D eigenvalue weighted by molar-refractivity contribution is -0.141. The molecule has 1 amide bonds. The molecule has 2 N–H and O–H groups in total. The number of rotatable bonds is 4. The van der Waals surface area contributed by atoms with E-state index < -0.39 is 5.97 Å². The molecule has 0 aliphatic heterocycles. The molecule has 5 nitrogen and oxygen atoms in total. The summed E-state index contributed by atoms with van der Waals surface area (Å²) < 4.78 is 5.35. The lowest BCUT2D eigenvalue weighted by atomic mass is 10.1. The van der Waals surface area contributed by atoms with Gasteiger partial charge in [0, 0.05) is 16.7 Å². The Balaban J connectivity index is 0.00000324. The number of anilines is 1. The molecule has 0 unspecified atom stereocenters. The molecule has 106 valence electrons. The Labute approximate surface area is 126 Å². The van der Waals surface area contributed by atoms with Crippen molar-refractivity contribution in [2.24, 2.45) is 0 Å². The lowest BCUT2D eigenvalue weighted by Gasteiger charge is -2.20. The number of hydrogen-bond acceptors (Lipinski definition) is 4. The van der Waals surface area contributed by atoms with E-state index in [0.29, 0.717) is 17.8 Å². The largest absolute Gasteiger partial charge is 0.468 e. The summed E-state index contributed by atoms with van der Waals surface area (Å²) in [5, 5.41) is 0. The van der Waals surface area contributed by atoms with Crippen LogP contribution in [0.4, 0.5) is 5.69 Å². The second-order valence-corrected chi connectivity index (χ2v) is 4.54. The molecule has 0 bridgehead atoms. The third kappa shape index (κ3) is 4.72. The van der Waals surface area contributed by atoms with E-state index in [0.717, 1.165) is 4.47 Å². The average molecular weight is 352 g/mol. The van der Waals surface area contributed by atoms with Gasteiger partial charge in [-0.3, -0.25) is 9.59 Å². The third-order valence-corrected chi connectivity index (χ3v) is 2.95. The first-order chi connectivity index (χ1) is 8.49. The van der Waals surface area contributed by atoms with Gasteiger partial charge in [-0.25, -0.2) is 0 Å². The van der Waals surface area contributed by atoms with Gasteiger partial charge in [0.2, 0.25) is 0 Å². The van der Waals surface area contributed by atoms with Gasteiger partial charge in [0.25, 0.3) is 5.91 Å². The summed E-state index contributed by atoms with van der Waals surface area (Å²) in [4.78, 5) is 24.8. The molecule has 0 saturated heterocycles. The quantitative estimate of drug-likeness (QED) is 0.666. The van der Waals surface area contributed by atoms with E-state index >= 15 is 0 Å². The Morgan fingerprint density at radius 2 is 2.05 bits per heavy atom. The molecule has 1 aromatic rings. The molecule has 1 rings (SSSR count). The number of nitrogens with two attached hydrogens (primary N) is 1. The fourth-order valence-electron chi connectivity index (χ4n) is 1.45. The van der Waals surface area contributed by atoms with E-state index in [9.17, 15) is 9.59 Å². The van der Waals surface area contributed by atoms with E-state index in [1.165, 1.54) is 12.0 Å². The number of carbonyl (C=O) groups excluding carboxylic acids is 2. The molecule has 0 aliphatic carbocycles. The van der Waals surface area contributed by atoms with Crippen LogP contribution < -0.4 is 5.73 Å². The van der Waals surface area contributed by atoms with Crippen LogP contribution >= 0.6 is 28.3 Å². The smallest absolute Gasteiger partial charge is 0.325 e. The summed E-state index contributed by atoms with van der Waals surface area (Å²) in [5.74, 6) is -0.742. The normalized spacial score (nSPS) is 9.42. The minimum absolute atomic E-state index is 0. The van der Waals surface area contributed by atoms with E-state index in [4.69, 9.17) is 5.73 Å². The molecule has 1 aromatic carbocycles. The number of carbonyl (C=O) groups is 2. The number of amides is 1. The van der Waals surface area contributed by atoms with Crippen molar-refractivity contribution < 1.29 is 14.3 Å². The van der Waals surface area contributed by atoms with Crippen molar-refractivity contribution in [2.45, 2.75) is 6.92 Å². The number of esters is 1. The number of methoxy groups -OCH3 is 1. The van der Waals surface area contributed by atoms with E-state index in [-0.39, 0.29) is 24.9 Å². The number of likely N-dealkylation sites (N-methyl/N-ethyl adjacent to an activating group) is 1. The van der Waals surface area contributed by atoms with Crippen LogP contribution in [0.5, 0.6) is 0 Å². The van der Waals surface area contributed by atoms with Crippen molar-refractivity contribution in [3.8, 4) is 0 Å². The Hall–Kier alpha value is -1.27. The van der Waals surface area contributed by atoms with Crippen LogP contribution in [-0.2, 0) is 9.53 Å². The number of benzene rings is 1. The fourth-order valence-corrected chi connectivity index (χ4v) is 1.83. The molecule has 19 heavy (non-hydrogen) atoms. The van der Waals surface area contributed by atoms with E-state index in [1.54, 1.807) is 25.1 Å². The second kappa shape index (κ2) is 8.01. The van der Waals surface area contributed by atoms with Gasteiger partial charge in [0.15, 0.2) is 0 Å². The van der Waals surface area contributed by atoms with Crippen LogP contribution in [0.2, 0.25) is 0 Å². The third-order valence-electron chi connectivity index (χ3n) is 2.46. The highest BCUT2D eigenvalue weighted by Crippen LogP contribution is 2.20. The number of nitrogen functional groups attached to an aromatic ring is 1. The van der Waals surface area contributed by atoms with Gasteiger partial charge in [0.1, 0.15) is 6.54 Å². The van der Waals surface area contributed by atoms with Crippen molar-refractivity contribution in [3.05, 3.63) is 28.2 Å². The molecule has 0 spiro atoms. The average Bonchev–Trinajstić information content (AvgIpc) is 2.34. The standard InChI is InChI=1S/C12H15BrN2O3.ClH/c1-3-15(7-11(16)18-2)12(17)9-5-4-8(13)6-10(9)14;/h4-6H,3,7,14H2,1-2H3;1H. The number of nitrogens with zero attached hydrogens (tertiary/aromatic N) is 1. The summed E-state index contributed by atoms with van der Waals surface area (Å²) >= 11 is 3.27. The van der Waals surface area contributed by atoms with Crippen molar-refractivity contribution in [1.29, 1.82) is 0 Å². The van der Waals surface area contributed by atoms with Crippen LogP contribution in [0.25, 0.3) is 0 Å². The molecule has 0 radical (unpaired) electrons. The fraction of sp³-hybridized carbons (Fsp3) is 0.333. The van der Waals surface area contributed by atoms with Gasteiger partial charge < -0.3 is 15.4 Å². The molecule has 0 aliphatic rings. The van der Waals surface area contributed by atoms with Gasteiger partial charge in [0.05, 0.1) is 12.7 Å². The van der Waals surface area contributed by atoms with Gasteiger partial charge in [-0.05, 0) is 25.1 Å². The first-order valence-electron chi connectivity index (χ1n) is 5.40. The molecule has 0 aromatic heterocycles. The Morgan fingerprint density at radius 3 is 2.53 bits per heavy atom. The predicted octanol–water partition coefficient (Wildman–Crippen LogP) is 2.09. The summed E-state index contributed by atoms with van der Waals surface area (Å²) in [6.07, 6.45) is 0. The maximum Gasteiger partial charge on any atom is 0.325 e. The van der Waals surface area contributed by atoms with Crippen LogP contribution in [0.1, 0.15) is 17.3 Å². The predicted molar refractivity (Wildman–Crippen MR) is 79.4 cm³/mol. The molecular formula is C12H16BrClN2O3. The molecule has 0 fully saturated rings. The van der Waals surface area contributed by atoms with E-state index in [2.05, 4.69) is 20.7 Å². The van der Waals surface area contributed by atoms with Gasteiger partial charge in [-0.1, -0.05) is 15.9 Å². The highest BCUT2D eigenvalue weighted by atomic mass is 79.9. The lowest BCUT2D eigenvalue weighted by Crippen LogP contribution is -2.36. The summed E-state index contributed by atoms with van der Waals surface area (Å²) in [6.45, 7) is 2.11. The van der Waals surface area contributed by atoms with Gasteiger partial charge in [-0.15, -0.1) is 12.4 Å². The maximum absolute atomic E-state index is 12.2. The summed E-state index contributed by atoms with van der Waals surface area (Å²) in [6, 6.07) is 5.01. The van der Waals surface area contributed by atoms with E-state index in [1.807, 2.05) is 0 Å². The van der Waals surface area contributed by atoms with Crippen molar-refractivity contribution in [2.75, 3.05) is 25.9 Å². The highest BCUT2D eigenvalue weighted by Gasteiger charge is 2.19. The monoisotopic (exact) mass is 350 g/mol. The minimum atomic E-state index is -0.458. The summed E-state index contributed by atoms with van der Waals surface area (Å²) in [7, 11) is 1.29. The second-order valence-electron chi connectivity index (χ2n) is 3.63. The van der Waals surface area contributed by atoms with Crippen LogP contribution in [0, 0.1) is 0 Å². The Morgan fingerprint density at radius 1 is 1.42 bits per heavy atom. The summed E-state index contributed by atoms with van der Waals surface area (Å²) in [5.41, 5.74) is 6.54. The zero-order valence-corrected chi connectivity index (χ0v) is 13.1. The van der Waals surface area contributed by atoms with Crippen LogP contribution in [0.3, 0.4) is 0 Å². The number of halogens is 2. The topological polar surface area (TPSA) is 72.6 Å².